The first kappa shape index (κ1) is 11.1. The molecule has 0 fully saturated rings. The quantitative estimate of drug-likeness (QED) is 0.829. The van der Waals surface area contributed by atoms with E-state index in [0.717, 1.165) is 11.3 Å². The van der Waals surface area contributed by atoms with Crippen molar-refractivity contribution in [2.75, 3.05) is 5.32 Å². The normalized spacial score (nSPS) is 9.94. The van der Waals surface area contributed by atoms with Crippen molar-refractivity contribution in [2.45, 2.75) is 6.92 Å². The number of rotatable bonds is 2. The number of para-hydroxylation sites is 1. The van der Waals surface area contributed by atoms with Crippen molar-refractivity contribution in [3.05, 3.63) is 53.9 Å². The highest BCUT2D eigenvalue weighted by molar-refractivity contribution is 6.04. The second-order valence-corrected chi connectivity index (χ2v) is 3.70. The van der Waals surface area contributed by atoms with Crippen molar-refractivity contribution in [3.63, 3.8) is 0 Å². The van der Waals surface area contributed by atoms with Gasteiger partial charge in [-0.05, 0) is 24.6 Å². The van der Waals surface area contributed by atoms with E-state index in [2.05, 4.69) is 10.3 Å². The van der Waals surface area contributed by atoms with E-state index in [1.807, 2.05) is 31.2 Å². The zero-order valence-corrected chi connectivity index (χ0v) is 9.34. The van der Waals surface area contributed by atoms with E-state index in [1.54, 1.807) is 0 Å². The van der Waals surface area contributed by atoms with Crippen LogP contribution in [0.3, 0.4) is 0 Å². The molecular weight excluding hydrogens is 216 g/mol. The summed E-state index contributed by atoms with van der Waals surface area (Å²) in [5.74, 6) is -0.315. The van der Waals surface area contributed by atoms with Crippen LogP contribution in [-0.2, 0) is 0 Å². The van der Waals surface area contributed by atoms with Gasteiger partial charge in [0.05, 0.1) is 11.8 Å². The highest BCUT2D eigenvalue weighted by Crippen LogP contribution is 2.15. The third kappa shape index (κ3) is 2.60. The number of nitrogens with one attached hydrogen (secondary N) is 1. The maximum Gasteiger partial charge on any atom is 0.257 e. The molecule has 0 spiro atoms. The topological polar surface area (TPSA) is 62.2 Å². The molecule has 1 heterocycles. The zero-order chi connectivity index (χ0) is 12.3. The Balaban J connectivity index is 2.20. The molecule has 86 valence electrons. The van der Waals surface area contributed by atoms with E-state index >= 15 is 0 Å². The summed E-state index contributed by atoms with van der Waals surface area (Å²) in [5.41, 5.74) is 2.06. The Morgan fingerprint density at radius 2 is 2.06 bits per heavy atom. The Labute approximate surface area is 98.9 Å². The summed E-state index contributed by atoms with van der Waals surface area (Å²) in [5, 5.41) is 12.0. The van der Waals surface area contributed by atoms with Crippen LogP contribution in [0.4, 0.5) is 5.69 Å². The predicted molar refractivity (Wildman–Crippen MR) is 65.0 cm³/mol. The number of aromatic hydroxyl groups is 1. The van der Waals surface area contributed by atoms with Crippen molar-refractivity contribution < 1.29 is 9.90 Å². The molecule has 2 rings (SSSR count). The van der Waals surface area contributed by atoms with Gasteiger partial charge in [0.2, 0.25) is 0 Å². The minimum absolute atomic E-state index is 0.0255. The number of carbonyl (C=O) groups excluding carboxylic acids is 1. The van der Waals surface area contributed by atoms with Gasteiger partial charge < -0.3 is 10.4 Å². The Hall–Kier alpha value is -2.36. The van der Waals surface area contributed by atoms with E-state index in [-0.39, 0.29) is 11.7 Å². The van der Waals surface area contributed by atoms with Gasteiger partial charge in [-0.25, -0.2) is 0 Å². The SMILES string of the molecule is Cc1ccccc1NC(=O)c1cncc(O)c1. The van der Waals surface area contributed by atoms with Crippen LogP contribution in [0.2, 0.25) is 0 Å². The first-order chi connectivity index (χ1) is 8.16. The molecule has 4 nitrogen and oxygen atoms in total. The van der Waals surface area contributed by atoms with Crippen molar-refractivity contribution in [1.82, 2.24) is 4.98 Å². The zero-order valence-electron chi connectivity index (χ0n) is 9.34. The van der Waals surface area contributed by atoms with Gasteiger partial charge in [0.15, 0.2) is 0 Å². The van der Waals surface area contributed by atoms with E-state index in [9.17, 15) is 9.90 Å². The Kier molecular flexibility index (Phi) is 3.05. The molecule has 1 aromatic carbocycles. The number of anilines is 1. The van der Waals surface area contributed by atoms with Crippen molar-refractivity contribution >= 4 is 11.6 Å². The molecule has 1 aromatic heterocycles. The van der Waals surface area contributed by atoms with Gasteiger partial charge in [-0.1, -0.05) is 18.2 Å². The van der Waals surface area contributed by atoms with Crippen molar-refractivity contribution in [3.8, 4) is 5.75 Å². The summed E-state index contributed by atoms with van der Waals surface area (Å²) in [4.78, 5) is 15.6. The number of carbonyl (C=O) groups is 1. The van der Waals surface area contributed by atoms with Gasteiger partial charge in [0, 0.05) is 11.9 Å². The average molecular weight is 228 g/mol. The second-order valence-electron chi connectivity index (χ2n) is 3.70. The average Bonchev–Trinajstić information content (AvgIpc) is 2.32. The molecule has 0 saturated carbocycles. The van der Waals surface area contributed by atoms with E-state index in [1.165, 1.54) is 18.5 Å². The van der Waals surface area contributed by atoms with Crippen LogP contribution in [0.25, 0.3) is 0 Å². The standard InChI is InChI=1S/C13H12N2O2/c1-9-4-2-3-5-12(9)15-13(17)10-6-11(16)8-14-7-10/h2-8,16H,1H3,(H,15,17). The Bertz CT molecular complexity index is 553. The van der Waals surface area contributed by atoms with Crippen LogP contribution >= 0.6 is 0 Å². The number of amides is 1. The maximum atomic E-state index is 11.9. The lowest BCUT2D eigenvalue weighted by molar-refractivity contribution is 0.102. The summed E-state index contributed by atoms with van der Waals surface area (Å²) < 4.78 is 0. The first-order valence-corrected chi connectivity index (χ1v) is 5.18. The number of benzene rings is 1. The molecule has 0 aliphatic heterocycles. The summed E-state index contributed by atoms with van der Waals surface area (Å²) in [6, 6.07) is 8.87. The highest BCUT2D eigenvalue weighted by Gasteiger charge is 2.08. The molecule has 0 bridgehead atoms. The van der Waals surface area contributed by atoms with Crippen LogP contribution in [0.5, 0.6) is 5.75 Å². The number of aryl methyl sites for hydroxylation is 1. The fourth-order valence-corrected chi connectivity index (χ4v) is 1.46. The maximum absolute atomic E-state index is 11.9. The summed E-state index contributed by atoms with van der Waals surface area (Å²) in [6.45, 7) is 1.91. The van der Waals surface area contributed by atoms with Crippen LogP contribution in [-0.4, -0.2) is 16.0 Å². The smallest absolute Gasteiger partial charge is 0.257 e. The molecule has 0 aliphatic carbocycles. The molecule has 0 atom stereocenters. The molecule has 0 saturated heterocycles. The van der Waals surface area contributed by atoms with Gasteiger partial charge >= 0.3 is 0 Å². The predicted octanol–water partition coefficient (Wildman–Crippen LogP) is 2.35. The fraction of sp³-hybridized carbons (Fsp3) is 0.0769. The van der Waals surface area contributed by atoms with E-state index < -0.39 is 0 Å². The van der Waals surface area contributed by atoms with Gasteiger partial charge in [-0.15, -0.1) is 0 Å². The molecule has 1 amide bonds. The van der Waals surface area contributed by atoms with Gasteiger partial charge in [0.25, 0.3) is 5.91 Å². The highest BCUT2D eigenvalue weighted by atomic mass is 16.3. The lowest BCUT2D eigenvalue weighted by atomic mass is 10.2. The molecule has 17 heavy (non-hydrogen) atoms. The van der Waals surface area contributed by atoms with Crippen molar-refractivity contribution in [1.29, 1.82) is 0 Å². The Morgan fingerprint density at radius 1 is 1.29 bits per heavy atom. The van der Waals surface area contributed by atoms with Gasteiger partial charge in [-0.3, -0.25) is 9.78 Å². The van der Waals surface area contributed by atoms with Crippen LogP contribution < -0.4 is 5.32 Å². The van der Waals surface area contributed by atoms with E-state index in [0.29, 0.717) is 5.56 Å². The van der Waals surface area contributed by atoms with Gasteiger partial charge in [0.1, 0.15) is 5.75 Å². The molecule has 0 radical (unpaired) electrons. The van der Waals surface area contributed by atoms with Crippen LogP contribution in [0, 0.1) is 6.92 Å². The lowest BCUT2D eigenvalue weighted by Gasteiger charge is -2.07. The summed E-state index contributed by atoms with van der Waals surface area (Å²) in [6.07, 6.45) is 2.69. The number of pyridine rings is 1. The molecular formula is C13H12N2O2. The summed E-state index contributed by atoms with van der Waals surface area (Å²) in [7, 11) is 0. The fourth-order valence-electron chi connectivity index (χ4n) is 1.46. The number of hydrogen-bond donors (Lipinski definition) is 2. The monoisotopic (exact) mass is 228 g/mol. The minimum atomic E-state index is -0.289. The lowest BCUT2D eigenvalue weighted by Crippen LogP contribution is -2.12. The first-order valence-electron chi connectivity index (χ1n) is 5.18. The summed E-state index contributed by atoms with van der Waals surface area (Å²) >= 11 is 0. The third-order valence-corrected chi connectivity index (χ3v) is 2.38. The van der Waals surface area contributed by atoms with Crippen molar-refractivity contribution in [2.24, 2.45) is 0 Å². The largest absolute Gasteiger partial charge is 0.506 e. The van der Waals surface area contributed by atoms with Crippen LogP contribution in [0.15, 0.2) is 42.7 Å². The molecule has 0 aliphatic rings. The second kappa shape index (κ2) is 4.65. The minimum Gasteiger partial charge on any atom is -0.506 e. The van der Waals surface area contributed by atoms with E-state index in [4.69, 9.17) is 0 Å². The Morgan fingerprint density at radius 3 is 2.76 bits per heavy atom. The molecule has 2 aromatic rings. The molecule has 2 N–H and O–H groups in total. The number of aromatic nitrogens is 1. The molecule has 0 unspecified atom stereocenters. The number of hydrogen-bond acceptors (Lipinski definition) is 3. The third-order valence-electron chi connectivity index (χ3n) is 2.38. The molecule has 4 heteroatoms. The number of nitrogens with zero attached hydrogens (tertiary/aromatic N) is 1. The van der Waals surface area contributed by atoms with Crippen LogP contribution in [0.1, 0.15) is 15.9 Å². The van der Waals surface area contributed by atoms with Gasteiger partial charge in [-0.2, -0.15) is 0 Å².